The molecule has 3 N–H and O–H groups in total. The Hall–Kier alpha value is -5.12. The molecule has 4 aromatic carbocycles. The van der Waals surface area contributed by atoms with Crippen molar-refractivity contribution >= 4 is 33.8 Å². The monoisotopic (exact) mass is 838 g/mol. The number of ether oxygens (including phenoxy) is 2. The van der Waals surface area contributed by atoms with Crippen molar-refractivity contribution in [2.24, 2.45) is 10.8 Å². The lowest BCUT2D eigenvalue weighted by molar-refractivity contribution is -0.144. The van der Waals surface area contributed by atoms with Crippen molar-refractivity contribution in [1.82, 2.24) is 25.3 Å². The van der Waals surface area contributed by atoms with Crippen LogP contribution in [0.2, 0.25) is 0 Å². The molecule has 0 saturated heterocycles. The number of imidazole rings is 2. The van der Waals surface area contributed by atoms with Crippen LogP contribution in [-0.2, 0) is 44.7 Å². The van der Waals surface area contributed by atoms with Crippen LogP contribution in [0.4, 0.5) is 0 Å². The quantitative estimate of drug-likeness (QED) is 0.106. The maximum absolute atomic E-state index is 13.5. The highest BCUT2D eigenvalue weighted by molar-refractivity contribution is 5.88. The number of nitrogens with one attached hydrogen (secondary N) is 3. The van der Waals surface area contributed by atoms with E-state index in [1.54, 1.807) is 13.8 Å². The third-order valence-electron chi connectivity index (χ3n) is 12.7. The summed E-state index contributed by atoms with van der Waals surface area (Å²) in [6.45, 7) is 25.0. The summed E-state index contributed by atoms with van der Waals surface area (Å²) >= 11 is 0. The third-order valence-corrected chi connectivity index (χ3v) is 12.7. The molecule has 0 saturated carbocycles. The molecule has 0 aliphatic heterocycles. The number of H-pyrrole nitrogens is 2. The Morgan fingerprint density at radius 2 is 1.10 bits per heavy atom. The molecule has 328 valence electrons. The molecule has 0 fully saturated rings. The lowest BCUT2D eigenvalue weighted by Crippen LogP contribution is -2.48. The molecule has 0 spiro atoms. The lowest BCUT2D eigenvalue weighted by Gasteiger charge is -2.33. The van der Waals surface area contributed by atoms with Gasteiger partial charge in [-0.25, -0.2) is 9.97 Å². The van der Waals surface area contributed by atoms with Gasteiger partial charge in [-0.1, -0.05) is 90.1 Å². The number of aromatic nitrogens is 4. The van der Waals surface area contributed by atoms with Gasteiger partial charge in [-0.2, -0.15) is 0 Å². The van der Waals surface area contributed by atoms with Crippen LogP contribution < -0.4 is 5.32 Å². The summed E-state index contributed by atoms with van der Waals surface area (Å²) in [7, 11) is 0. The highest BCUT2D eigenvalue weighted by Crippen LogP contribution is 2.40. The first kappa shape index (κ1) is 44.9. The number of nitrogens with zero attached hydrogens (tertiary/aromatic N) is 2. The van der Waals surface area contributed by atoms with E-state index in [9.17, 15) is 9.59 Å². The van der Waals surface area contributed by atoms with Gasteiger partial charge in [0.15, 0.2) is 5.78 Å². The maximum atomic E-state index is 13.5. The number of fused-ring (bicyclic) bond motifs is 2. The summed E-state index contributed by atoms with van der Waals surface area (Å²) in [4.78, 5) is 44.1. The van der Waals surface area contributed by atoms with Crippen molar-refractivity contribution < 1.29 is 19.1 Å². The van der Waals surface area contributed by atoms with E-state index in [0.717, 1.165) is 70.5 Å². The summed E-state index contributed by atoms with van der Waals surface area (Å²) in [5, 5.41) is 3.24. The molecule has 6 aromatic rings. The molecule has 2 atom stereocenters. The zero-order valence-electron chi connectivity index (χ0n) is 39.1. The third kappa shape index (κ3) is 9.59. The molecule has 0 unspecified atom stereocenters. The van der Waals surface area contributed by atoms with Crippen LogP contribution in [0.1, 0.15) is 135 Å². The van der Waals surface area contributed by atoms with Gasteiger partial charge in [-0.15, -0.1) is 0 Å². The van der Waals surface area contributed by atoms with Gasteiger partial charge in [0.05, 0.1) is 28.1 Å². The number of amides is 1. The number of carbonyl (C=O) groups excluding carboxylic acids is 2. The van der Waals surface area contributed by atoms with Crippen LogP contribution >= 0.6 is 0 Å². The fourth-order valence-electron chi connectivity index (χ4n) is 8.90. The van der Waals surface area contributed by atoms with Crippen molar-refractivity contribution in [3.8, 4) is 22.3 Å². The van der Waals surface area contributed by atoms with Gasteiger partial charge in [0.25, 0.3) is 5.91 Å². The van der Waals surface area contributed by atoms with Gasteiger partial charge in [0.1, 0.15) is 22.9 Å². The van der Waals surface area contributed by atoms with E-state index in [-0.39, 0.29) is 34.5 Å². The van der Waals surface area contributed by atoms with E-state index in [4.69, 9.17) is 19.4 Å². The molecular weight excluding hydrogens is 771 g/mol. The zero-order valence-corrected chi connectivity index (χ0v) is 39.1. The van der Waals surface area contributed by atoms with Gasteiger partial charge in [-0.3, -0.25) is 9.59 Å². The van der Waals surface area contributed by atoms with E-state index in [0.29, 0.717) is 19.6 Å². The van der Waals surface area contributed by atoms with Crippen LogP contribution in [0, 0.1) is 10.8 Å². The first-order valence-corrected chi connectivity index (χ1v) is 22.5. The molecule has 4 bridgehead atoms. The van der Waals surface area contributed by atoms with Crippen LogP contribution in [0.5, 0.6) is 0 Å². The Labute approximate surface area is 368 Å². The second-order valence-corrected chi connectivity index (χ2v) is 20.4. The Kier molecular flexibility index (Phi) is 12.5. The van der Waals surface area contributed by atoms with Gasteiger partial charge in [-0.05, 0) is 147 Å². The number of rotatable bonds is 13. The second kappa shape index (κ2) is 17.2. The van der Waals surface area contributed by atoms with E-state index >= 15 is 0 Å². The number of benzene rings is 4. The predicted octanol–water partition coefficient (Wildman–Crippen LogP) is 11.6. The van der Waals surface area contributed by atoms with Crippen LogP contribution in [0.15, 0.2) is 72.8 Å². The summed E-state index contributed by atoms with van der Waals surface area (Å²) in [5.74, 6) is 1.40. The Morgan fingerprint density at radius 1 is 0.613 bits per heavy atom. The van der Waals surface area contributed by atoms with E-state index in [1.807, 2.05) is 27.7 Å². The first-order valence-electron chi connectivity index (χ1n) is 22.5. The predicted molar refractivity (Wildman–Crippen MR) is 251 cm³/mol. The first-order chi connectivity index (χ1) is 29.2. The number of hydrogen-bond donors (Lipinski definition) is 3. The summed E-state index contributed by atoms with van der Waals surface area (Å²) in [5.41, 5.74) is 11.4. The highest BCUT2D eigenvalue weighted by atomic mass is 16.5. The minimum absolute atomic E-state index is 0.0837. The number of aryl methyl sites for hydroxylation is 4. The molecule has 4 aliphatic carbocycles. The standard InChI is InChI=1S/C53H67N5O4/c1-13-61-52(9,10)45(59)31-40(50(3,4)5)47-54-41-25-23-36(29-43(41)56-47)38-27-32-15-19-34(38)20-16-33-18-22-35(21-17-32)39(28-33)37-24-26-42-44(30-37)57-48(55-42)46(51(6,7)8)58-49(60)53(11,12)62-14-2/h15,18-19,22-30,40,46H,13-14,16-17,20-21,31H2,1-12H3,(H,54,56)(H,55,57)(H,58,60)/t40-,46-/m1/s1. The molecule has 62 heavy (non-hydrogen) atoms. The van der Waals surface area contributed by atoms with E-state index in [1.165, 1.54) is 33.4 Å². The van der Waals surface area contributed by atoms with Crippen molar-refractivity contribution in [3.63, 3.8) is 0 Å². The summed E-state index contributed by atoms with van der Waals surface area (Å²) in [6.07, 6.45) is 3.94. The van der Waals surface area contributed by atoms with Gasteiger partial charge in [0.2, 0.25) is 0 Å². The molecule has 0 radical (unpaired) electrons. The largest absolute Gasteiger partial charge is 0.368 e. The van der Waals surface area contributed by atoms with Crippen LogP contribution in [0.3, 0.4) is 0 Å². The molecule has 4 aliphatic rings. The fraction of sp³-hybridized carbons (Fsp3) is 0.472. The molecule has 10 rings (SSSR count). The average Bonchev–Trinajstić information content (AvgIpc) is 3.82. The average molecular weight is 838 g/mol. The van der Waals surface area contributed by atoms with E-state index in [2.05, 4.69) is 130 Å². The van der Waals surface area contributed by atoms with Gasteiger partial charge >= 0.3 is 0 Å². The molecule has 9 nitrogen and oxygen atoms in total. The maximum Gasteiger partial charge on any atom is 0.252 e. The number of carbonyl (C=O) groups is 2. The van der Waals surface area contributed by atoms with Crippen molar-refractivity contribution in [2.45, 2.75) is 138 Å². The van der Waals surface area contributed by atoms with Crippen molar-refractivity contribution in [2.75, 3.05) is 13.2 Å². The van der Waals surface area contributed by atoms with Crippen LogP contribution in [0.25, 0.3) is 44.3 Å². The molecule has 2 aromatic heterocycles. The van der Waals surface area contributed by atoms with Gasteiger partial charge < -0.3 is 24.8 Å². The number of ketones is 1. The van der Waals surface area contributed by atoms with Crippen molar-refractivity contribution in [1.29, 1.82) is 0 Å². The number of Topliss-reactive ketones (excluding diaryl/α,β-unsaturated/α-hetero) is 1. The van der Waals surface area contributed by atoms with E-state index < -0.39 is 11.2 Å². The van der Waals surface area contributed by atoms with Crippen molar-refractivity contribution in [3.05, 3.63) is 107 Å². The molecule has 9 heteroatoms. The minimum Gasteiger partial charge on any atom is -0.368 e. The summed E-state index contributed by atoms with van der Waals surface area (Å²) in [6, 6.07) is 26.6. The Morgan fingerprint density at radius 3 is 1.58 bits per heavy atom. The topological polar surface area (TPSA) is 122 Å². The number of hydrogen-bond acceptors (Lipinski definition) is 6. The molecular formula is C53H67N5O4. The lowest BCUT2D eigenvalue weighted by atomic mass is 9.75. The zero-order chi connectivity index (χ0) is 44.8. The Balaban J connectivity index is 1.15. The fourth-order valence-corrected chi connectivity index (χ4v) is 8.90. The highest BCUT2D eigenvalue weighted by Gasteiger charge is 2.38. The SMILES string of the molecule is CCOC(C)(C)C(=O)C[C@H](c1nc2ccc(-c3cc4ccc3CCc3ccc(c(-c5ccc6nc([C@@H](NC(=O)C(C)(C)OCC)C(C)(C)C)[nH]c6c5)c3)CC4)cc2[nH]1)C(C)(C)C. The normalized spacial score (nSPS) is 14.8. The number of aromatic amines is 2. The molecule has 2 heterocycles. The smallest absolute Gasteiger partial charge is 0.252 e. The summed E-state index contributed by atoms with van der Waals surface area (Å²) < 4.78 is 11.6. The Bertz CT molecular complexity index is 2420. The molecule has 1 amide bonds. The van der Waals surface area contributed by atoms with Gasteiger partial charge in [0, 0.05) is 25.6 Å². The second-order valence-electron chi connectivity index (χ2n) is 20.4. The van der Waals surface area contributed by atoms with Crippen LogP contribution in [-0.4, -0.2) is 56.0 Å². The minimum atomic E-state index is -0.954.